The molecule has 0 fully saturated rings. The lowest BCUT2D eigenvalue weighted by Gasteiger charge is -1.62. The van der Waals surface area contributed by atoms with E-state index in [1.165, 1.54) is 0 Å². The highest BCUT2D eigenvalue weighted by molar-refractivity contribution is 7.84. The first kappa shape index (κ1) is 5.18. The molecule has 0 bridgehead atoms. The lowest BCUT2D eigenvalue weighted by atomic mass is 11.2. The summed E-state index contributed by atoms with van der Waals surface area (Å²) in [7, 11) is 0. The van der Waals surface area contributed by atoms with Gasteiger partial charge >= 0.3 is 0 Å². The van der Waals surface area contributed by atoms with Crippen LogP contribution in [-0.2, 0) is 0 Å². The molecule has 0 rings (SSSR count). The van der Waals surface area contributed by atoms with Gasteiger partial charge in [0, 0.05) is 0 Å². The van der Waals surface area contributed by atoms with Crippen molar-refractivity contribution < 1.29 is 4.39 Å². The van der Waals surface area contributed by atoms with Gasteiger partial charge in [0.05, 0.1) is 5.54 Å². The number of hydrogen-bond acceptors (Lipinski definition) is 0. The van der Waals surface area contributed by atoms with Crippen molar-refractivity contribution in [1.29, 1.82) is 0 Å². The molecule has 0 unspecified atom stereocenters. The third-order valence-electron chi connectivity index (χ3n) is 0.0858. The molecule has 0 atom stereocenters. The summed E-state index contributed by atoms with van der Waals surface area (Å²) in [5.74, 6) is 0. The molecule has 0 aromatic rings. The van der Waals surface area contributed by atoms with E-state index >= 15 is 0 Å². The van der Waals surface area contributed by atoms with Crippen LogP contribution in [0.4, 0.5) is 4.39 Å². The SMILES string of the molecule is FC([S])=CCl. The van der Waals surface area contributed by atoms with Gasteiger partial charge in [-0.3, -0.25) is 0 Å². The van der Waals surface area contributed by atoms with Gasteiger partial charge in [0.2, 0.25) is 0 Å². The van der Waals surface area contributed by atoms with Crippen molar-refractivity contribution in [2.24, 2.45) is 0 Å². The Morgan fingerprint density at radius 1 is 2.00 bits per heavy atom. The lowest BCUT2D eigenvalue weighted by molar-refractivity contribution is 0.704. The van der Waals surface area contributed by atoms with Crippen LogP contribution in [0.1, 0.15) is 0 Å². The quantitative estimate of drug-likeness (QED) is 0.450. The van der Waals surface area contributed by atoms with Crippen LogP contribution in [0.5, 0.6) is 0 Å². The number of halogens is 2. The van der Waals surface area contributed by atoms with E-state index in [9.17, 15) is 4.39 Å². The summed E-state index contributed by atoms with van der Waals surface area (Å²) in [5, 5.41) is -0.772. The fourth-order valence-corrected chi connectivity index (χ4v) is 0. The highest BCUT2D eigenvalue weighted by Crippen LogP contribution is 2.00. The highest BCUT2D eigenvalue weighted by Gasteiger charge is 1.73. The van der Waals surface area contributed by atoms with Gasteiger partial charge in [-0.05, 0) is 12.6 Å². The van der Waals surface area contributed by atoms with Gasteiger partial charge in [0.15, 0.2) is 5.16 Å². The van der Waals surface area contributed by atoms with Crippen molar-refractivity contribution >= 4 is 24.2 Å². The summed E-state index contributed by atoms with van der Waals surface area (Å²) in [4.78, 5) is 0. The zero-order valence-electron chi connectivity index (χ0n) is 2.24. The van der Waals surface area contributed by atoms with E-state index in [0.29, 0.717) is 5.54 Å². The largest absolute Gasteiger partial charge is 0.197 e. The Kier molecular flexibility index (Phi) is 2.51. The van der Waals surface area contributed by atoms with Crippen LogP contribution in [0.25, 0.3) is 0 Å². The minimum Gasteiger partial charge on any atom is -0.193 e. The maximum absolute atomic E-state index is 11.0. The molecule has 29 valence electrons. The van der Waals surface area contributed by atoms with Gasteiger partial charge in [-0.25, -0.2) is 0 Å². The number of rotatable bonds is 0. The van der Waals surface area contributed by atoms with Crippen LogP contribution in [0, 0.1) is 0 Å². The van der Waals surface area contributed by atoms with Crippen molar-refractivity contribution in [3.05, 3.63) is 10.7 Å². The first-order chi connectivity index (χ1) is 2.27. The molecule has 0 amide bonds. The first-order valence-corrected chi connectivity index (χ1v) is 1.74. The molecule has 1 radical (unpaired) electrons. The molecule has 0 aromatic heterocycles. The van der Waals surface area contributed by atoms with Gasteiger partial charge in [-0.15, -0.1) is 0 Å². The van der Waals surface area contributed by atoms with Crippen LogP contribution in [0.3, 0.4) is 0 Å². The molecule has 0 aliphatic carbocycles. The Labute approximate surface area is 40.0 Å². The Morgan fingerprint density at radius 3 is 2.20 bits per heavy atom. The maximum atomic E-state index is 11.0. The van der Waals surface area contributed by atoms with E-state index < -0.39 is 5.16 Å². The smallest absolute Gasteiger partial charge is 0.193 e. The fourth-order valence-electron chi connectivity index (χ4n) is 0. The summed E-state index contributed by atoms with van der Waals surface area (Å²) in [6.07, 6.45) is 0. The monoisotopic (exact) mass is 111 g/mol. The molecule has 0 N–H and O–H groups in total. The van der Waals surface area contributed by atoms with E-state index in [-0.39, 0.29) is 0 Å². The predicted molar refractivity (Wildman–Crippen MR) is 22.6 cm³/mol. The van der Waals surface area contributed by atoms with Crippen molar-refractivity contribution in [3.63, 3.8) is 0 Å². The van der Waals surface area contributed by atoms with E-state index in [0.717, 1.165) is 0 Å². The predicted octanol–water partition coefficient (Wildman–Crippen LogP) is 2.19. The molecule has 0 aliphatic rings. The molecule has 5 heavy (non-hydrogen) atoms. The third-order valence-corrected chi connectivity index (χ3v) is 0.525. The Bertz CT molecular complexity index is 47.6. The van der Waals surface area contributed by atoms with Gasteiger partial charge in [0.25, 0.3) is 0 Å². The van der Waals surface area contributed by atoms with Crippen LogP contribution < -0.4 is 0 Å². The zero-order valence-corrected chi connectivity index (χ0v) is 3.81. The molecule has 0 saturated carbocycles. The summed E-state index contributed by atoms with van der Waals surface area (Å²) in [5.41, 5.74) is 0.704. The Hall–Kier alpha value is 0.180. The normalized spacial score (nSPS) is 12.0. The molecule has 0 spiro atoms. The average Bonchev–Trinajstić information content (AvgIpc) is 1.38. The van der Waals surface area contributed by atoms with Crippen molar-refractivity contribution in [3.8, 4) is 0 Å². The van der Waals surface area contributed by atoms with Gasteiger partial charge in [-0.1, -0.05) is 11.6 Å². The van der Waals surface area contributed by atoms with Crippen LogP contribution in [0.2, 0.25) is 0 Å². The Balaban J connectivity index is 3.14. The maximum Gasteiger partial charge on any atom is 0.197 e. The molecule has 3 heteroatoms. The molecular formula is C2HClFS. The summed E-state index contributed by atoms with van der Waals surface area (Å²) >= 11 is 8.54. The molecule has 0 aromatic carbocycles. The van der Waals surface area contributed by atoms with E-state index in [1.807, 2.05) is 0 Å². The van der Waals surface area contributed by atoms with Crippen LogP contribution >= 0.6 is 24.2 Å². The molecule has 0 nitrogen and oxygen atoms in total. The summed E-state index contributed by atoms with van der Waals surface area (Å²) in [6, 6.07) is 0. The number of hydrogen-bond donors (Lipinski definition) is 0. The van der Waals surface area contributed by atoms with Gasteiger partial charge < -0.3 is 0 Å². The average molecular weight is 112 g/mol. The molecule has 0 heterocycles. The van der Waals surface area contributed by atoms with Crippen molar-refractivity contribution in [1.82, 2.24) is 0 Å². The van der Waals surface area contributed by atoms with E-state index in [2.05, 4.69) is 12.6 Å². The van der Waals surface area contributed by atoms with Crippen LogP contribution in [-0.4, -0.2) is 0 Å². The first-order valence-electron chi connectivity index (χ1n) is 0.900. The van der Waals surface area contributed by atoms with Crippen molar-refractivity contribution in [2.75, 3.05) is 0 Å². The van der Waals surface area contributed by atoms with Gasteiger partial charge in [-0.2, -0.15) is 4.39 Å². The topological polar surface area (TPSA) is 0 Å². The van der Waals surface area contributed by atoms with E-state index in [1.54, 1.807) is 0 Å². The Morgan fingerprint density at radius 2 is 2.20 bits per heavy atom. The highest BCUT2D eigenvalue weighted by atomic mass is 35.5. The van der Waals surface area contributed by atoms with Gasteiger partial charge in [0.1, 0.15) is 0 Å². The molecule has 0 aliphatic heterocycles. The summed E-state index contributed by atoms with van der Waals surface area (Å²) < 4.78 is 11.0. The molecular weight excluding hydrogens is 111 g/mol. The summed E-state index contributed by atoms with van der Waals surface area (Å²) in [6.45, 7) is 0. The zero-order chi connectivity index (χ0) is 4.28. The fraction of sp³-hybridized carbons (Fsp3) is 0. The molecule has 0 saturated heterocycles. The third kappa shape index (κ3) is 4.18. The minimum atomic E-state index is -0.772. The lowest BCUT2D eigenvalue weighted by Crippen LogP contribution is -1.37. The standard InChI is InChI=1S/C2HClFS/c3-1-2(4)5/h1H. The second-order valence-electron chi connectivity index (χ2n) is 0.413. The van der Waals surface area contributed by atoms with E-state index in [4.69, 9.17) is 11.6 Å². The van der Waals surface area contributed by atoms with Crippen molar-refractivity contribution in [2.45, 2.75) is 0 Å². The van der Waals surface area contributed by atoms with Crippen LogP contribution in [0.15, 0.2) is 10.7 Å². The minimum absolute atomic E-state index is 0.704. The second kappa shape index (κ2) is 2.42. The second-order valence-corrected chi connectivity index (χ2v) is 1.02.